The number of halogens is 4. The van der Waals surface area contributed by atoms with Crippen molar-refractivity contribution in [3.63, 3.8) is 0 Å². The molecule has 5 nitrogen and oxygen atoms in total. The van der Waals surface area contributed by atoms with Crippen LogP contribution in [0.3, 0.4) is 0 Å². The molecule has 0 aliphatic heterocycles. The predicted molar refractivity (Wildman–Crippen MR) is 61.0 cm³/mol. The van der Waals surface area contributed by atoms with E-state index in [1.165, 1.54) is 12.1 Å². The lowest BCUT2D eigenvalue weighted by molar-refractivity contribution is -0.137. The van der Waals surface area contributed by atoms with Gasteiger partial charge in [-0.05, 0) is 28.1 Å². The van der Waals surface area contributed by atoms with E-state index in [9.17, 15) is 18.0 Å². The third kappa shape index (κ3) is 2.75. The van der Waals surface area contributed by atoms with Crippen LogP contribution in [0.4, 0.5) is 13.2 Å². The summed E-state index contributed by atoms with van der Waals surface area (Å²) in [6.07, 6.45) is -3.13. The third-order valence-corrected chi connectivity index (χ3v) is 2.82. The van der Waals surface area contributed by atoms with E-state index in [0.717, 1.165) is 10.9 Å². The van der Waals surface area contributed by atoms with Crippen LogP contribution in [0, 0.1) is 0 Å². The number of pyridine rings is 1. The van der Waals surface area contributed by atoms with E-state index >= 15 is 0 Å². The van der Waals surface area contributed by atoms with Crippen molar-refractivity contribution in [2.45, 2.75) is 6.18 Å². The number of hydrogen-bond acceptors (Lipinski definition) is 3. The van der Waals surface area contributed by atoms with Gasteiger partial charge in [-0.2, -0.15) is 18.3 Å². The summed E-state index contributed by atoms with van der Waals surface area (Å²) in [5.41, 5.74) is -1.24. The first-order valence-electron chi connectivity index (χ1n) is 4.81. The number of aromatic nitrogens is 3. The van der Waals surface area contributed by atoms with Crippen molar-refractivity contribution in [2.24, 2.45) is 0 Å². The van der Waals surface area contributed by atoms with E-state index in [-0.39, 0.29) is 16.0 Å². The summed E-state index contributed by atoms with van der Waals surface area (Å²) in [5, 5.41) is 12.4. The highest BCUT2D eigenvalue weighted by Crippen LogP contribution is 2.29. The fourth-order valence-electron chi connectivity index (χ4n) is 1.30. The summed E-state index contributed by atoms with van der Waals surface area (Å²) in [7, 11) is 0. The number of alkyl halides is 3. The minimum atomic E-state index is -4.51. The highest BCUT2D eigenvalue weighted by atomic mass is 79.9. The van der Waals surface area contributed by atoms with Gasteiger partial charge in [0.25, 0.3) is 0 Å². The van der Waals surface area contributed by atoms with Crippen molar-refractivity contribution in [1.82, 2.24) is 14.8 Å². The smallest absolute Gasteiger partial charge is 0.419 e. The van der Waals surface area contributed by atoms with Crippen LogP contribution in [0.1, 0.15) is 16.1 Å². The topological polar surface area (TPSA) is 68.0 Å². The Hall–Kier alpha value is -1.90. The summed E-state index contributed by atoms with van der Waals surface area (Å²) in [6, 6.07) is 2.73. The molecule has 0 unspecified atom stereocenters. The van der Waals surface area contributed by atoms with Gasteiger partial charge in [0.15, 0.2) is 11.5 Å². The first-order chi connectivity index (χ1) is 8.79. The predicted octanol–water partition coefficient (Wildman–Crippen LogP) is 2.75. The van der Waals surface area contributed by atoms with Crippen molar-refractivity contribution in [3.05, 3.63) is 40.3 Å². The summed E-state index contributed by atoms with van der Waals surface area (Å²) < 4.78 is 38.3. The molecule has 2 heterocycles. The quantitative estimate of drug-likeness (QED) is 0.916. The van der Waals surface area contributed by atoms with Gasteiger partial charge in [0, 0.05) is 6.20 Å². The van der Waals surface area contributed by atoms with Gasteiger partial charge in [0.2, 0.25) is 0 Å². The number of hydrogen-bond donors (Lipinski definition) is 1. The molecule has 0 radical (unpaired) electrons. The van der Waals surface area contributed by atoms with Crippen LogP contribution in [0.15, 0.2) is 29.0 Å². The van der Waals surface area contributed by atoms with Crippen LogP contribution in [-0.4, -0.2) is 25.8 Å². The Kier molecular flexibility index (Phi) is 3.31. The van der Waals surface area contributed by atoms with Crippen molar-refractivity contribution >= 4 is 21.9 Å². The lowest BCUT2D eigenvalue weighted by Gasteiger charge is -2.04. The van der Waals surface area contributed by atoms with Crippen LogP contribution in [0.5, 0.6) is 0 Å². The maximum atomic E-state index is 12.4. The second-order valence-corrected chi connectivity index (χ2v) is 4.33. The monoisotopic (exact) mass is 335 g/mol. The SMILES string of the molecule is O=C(O)c1nc(-n2cc(C(F)(F)F)cn2)ccc1Br. The van der Waals surface area contributed by atoms with E-state index in [1.807, 2.05) is 0 Å². The lowest BCUT2D eigenvalue weighted by atomic mass is 10.3. The minimum Gasteiger partial charge on any atom is -0.476 e. The summed E-state index contributed by atoms with van der Waals surface area (Å²) >= 11 is 2.99. The van der Waals surface area contributed by atoms with Crippen LogP contribution >= 0.6 is 15.9 Å². The van der Waals surface area contributed by atoms with Crippen molar-refractivity contribution < 1.29 is 23.1 Å². The molecule has 2 rings (SSSR count). The van der Waals surface area contributed by atoms with E-state index in [2.05, 4.69) is 26.0 Å². The Labute approximate surface area is 112 Å². The van der Waals surface area contributed by atoms with E-state index in [4.69, 9.17) is 5.11 Å². The standard InChI is InChI=1S/C10H5BrF3N3O2/c11-6-1-2-7(16-8(6)9(18)19)17-4-5(3-15-17)10(12,13)14/h1-4H,(H,18,19). The highest BCUT2D eigenvalue weighted by molar-refractivity contribution is 9.10. The number of carboxylic acid groups (broad SMARTS) is 1. The average Bonchev–Trinajstić information content (AvgIpc) is 2.78. The van der Waals surface area contributed by atoms with Crippen molar-refractivity contribution in [2.75, 3.05) is 0 Å². The zero-order valence-electron chi connectivity index (χ0n) is 9.02. The first kappa shape index (κ1) is 13.5. The number of nitrogens with zero attached hydrogens (tertiary/aromatic N) is 3. The molecule has 0 amide bonds. The highest BCUT2D eigenvalue weighted by Gasteiger charge is 2.32. The Morgan fingerprint density at radius 2 is 2.05 bits per heavy atom. The van der Waals surface area contributed by atoms with Crippen LogP contribution in [0.2, 0.25) is 0 Å². The van der Waals surface area contributed by atoms with Gasteiger partial charge in [-0.15, -0.1) is 0 Å². The fourth-order valence-corrected chi connectivity index (χ4v) is 1.69. The normalized spacial score (nSPS) is 11.6. The molecular weight excluding hydrogens is 331 g/mol. The molecule has 0 bridgehead atoms. The first-order valence-corrected chi connectivity index (χ1v) is 5.60. The molecule has 2 aromatic rings. The minimum absolute atomic E-state index is 0.0175. The Bertz CT molecular complexity index is 639. The molecule has 0 saturated carbocycles. The molecule has 0 atom stereocenters. The fraction of sp³-hybridized carbons (Fsp3) is 0.100. The molecule has 9 heteroatoms. The van der Waals surface area contributed by atoms with Gasteiger partial charge < -0.3 is 5.11 Å². The Morgan fingerprint density at radius 3 is 2.58 bits per heavy atom. The third-order valence-electron chi connectivity index (χ3n) is 2.18. The van der Waals surface area contributed by atoms with Gasteiger partial charge in [-0.1, -0.05) is 0 Å². The summed E-state index contributed by atoms with van der Waals surface area (Å²) in [4.78, 5) is 14.6. The molecule has 0 aliphatic rings. The number of rotatable bonds is 2. The lowest BCUT2D eigenvalue weighted by Crippen LogP contribution is -2.07. The largest absolute Gasteiger partial charge is 0.476 e. The molecule has 0 aromatic carbocycles. The maximum Gasteiger partial charge on any atom is 0.419 e. The number of aromatic carboxylic acids is 1. The van der Waals surface area contributed by atoms with Gasteiger partial charge >= 0.3 is 12.1 Å². The van der Waals surface area contributed by atoms with Gasteiger partial charge in [-0.25, -0.2) is 14.5 Å². The second kappa shape index (κ2) is 4.65. The van der Waals surface area contributed by atoms with Gasteiger partial charge in [-0.3, -0.25) is 0 Å². The number of carboxylic acids is 1. The Morgan fingerprint density at radius 1 is 1.37 bits per heavy atom. The van der Waals surface area contributed by atoms with Crippen molar-refractivity contribution in [3.8, 4) is 5.82 Å². The zero-order chi connectivity index (χ0) is 14.2. The molecule has 0 saturated heterocycles. The van der Waals surface area contributed by atoms with Crippen LogP contribution in [0.25, 0.3) is 5.82 Å². The molecule has 0 aliphatic carbocycles. The molecule has 19 heavy (non-hydrogen) atoms. The van der Waals surface area contributed by atoms with E-state index in [1.54, 1.807) is 0 Å². The summed E-state index contributed by atoms with van der Waals surface area (Å²) in [6.45, 7) is 0. The molecule has 100 valence electrons. The zero-order valence-corrected chi connectivity index (χ0v) is 10.6. The summed E-state index contributed by atoms with van der Waals surface area (Å²) in [5.74, 6) is -1.31. The van der Waals surface area contributed by atoms with Crippen LogP contribution < -0.4 is 0 Å². The van der Waals surface area contributed by atoms with Gasteiger partial charge in [0.1, 0.15) is 0 Å². The van der Waals surface area contributed by atoms with E-state index < -0.39 is 17.7 Å². The average molecular weight is 336 g/mol. The maximum absolute atomic E-state index is 12.4. The molecule has 1 N–H and O–H groups in total. The van der Waals surface area contributed by atoms with Gasteiger partial charge in [0.05, 0.1) is 16.2 Å². The molecule has 0 spiro atoms. The second-order valence-electron chi connectivity index (χ2n) is 3.48. The Balaban J connectivity index is 2.45. The molecule has 2 aromatic heterocycles. The molecule has 0 fully saturated rings. The number of carbonyl (C=O) groups is 1. The van der Waals surface area contributed by atoms with E-state index in [0.29, 0.717) is 6.20 Å². The van der Waals surface area contributed by atoms with Crippen molar-refractivity contribution in [1.29, 1.82) is 0 Å². The molecular formula is C10H5BrF3N3O2. The van der Waals surface area contributed by atoms with Crippen LogP contribution in [-0.2, 0) is 6.18 Å².